The highest BCUT2D eigenvalue weighted by Crippen LogP contribution is 2.39. The van der Waals surface area contributed by atoms with E-state index >= 15 is 0 Å². The largest absolute Gasteiger partial charge is 0.326 e. The molecule has 64 valence electrons. The van der Waals surface area contributed by atoms with Crippen LogP contribution in [0.25, 0.3) is 0 Å². The van der Waals surface area contributed by atoms with E-state index in [9.17, 15) is 4.39 Å². The van der Waals surface area contributed by atoms with E-state index in [0.29, 0.717) is 11.5 Å². The SMILES string of the molecule is NCc1cc(C2CC2)ncc1F. The second kappa shape index (κ2) is 2.83. The Labute approximate surface area is 70.6 Å². The third-order valence-corrected chi connectivity index (χ3v) is 2.17. The van der Waals surface area contributed by atoms with Crippen molar-refractivity contribution in [3.63, 3.8) is 0 Å². The number of nitrogens with two attached hydrogens (primary N) is 1. The molecule has 1 aromatic heterocycles. The Morgan fingerprint density at radius 3 is 2.92 bits per heavy atom. The van der Waals surface area contributed by atoms with Crippen LogP contribution in [0, 0.1) is 5.82 Å². The molecule has 1 heterocycles. The van der Waals surface area contributed by atoms with Gasteiger partial charge in [-0.3, -0.25) is 4.98 Å². The molecule has 2 rings (SSSR count). The van der Waals surface area contributed by atoms with Crippen LogP contribution in [0.15, 0.2) is 12.3 Å². The zero-order chi connectivity index (χ0) is 8.55. The highest BCUT2D eigenvalue weighted by molar-refractivity contribution is 5.23. The van der Waals surface area contributed by atoms with Gasteiger partial charge in [0.2, 0.25) is 0 Å². The number of rotatable bonds is 2. The lowest BCUT2D eigenvalue weighted by atomic mass is 10.2. The van der Waals surface area contributed by atoms with E-state index in [4.69, 9.17) is 5.73 Å². The molecule has 0 atom stereocenters. The van der Waals surface area contributed by atoms with Crippen molar-refractivity contribution < 1.29 is 4.39 Å². The zero-order valence-electron chi connectivity index (χ0n) is 6.76. The maximum Gasteiger partial charge on any atom is 0.145 e. The summed E-state index contributed by atoms with van der Waals surface area (Å²) in [6.45, 7) is 0.258. The summed E-state index contributed by atoms with van der Waals surface area (Å²) in [5.74, 6) is 0.276. The van der Waals surface area contributed by atoms with Gasteiger partial charge in [-0.2, -0.15) is 0 Å². The molecule has 12 heavy (non-hydrogen) atoms. The minimum Gasteiger partial charge on any atom is -0.326 e. The summed E-state index contributed by atoms with van der Waals surface area (Å²) in [6.07, 6.45) is 3.64. The Kier molecular flexibility index (Phi) is 1.81. The molecule has 1 aliphatic rings. The molecule has 0 aromatic carbocycles. The van der Waals surface area contributed by atoms with E-state index in [-0.39, 0.29) is 12.4 Å². The second-order valence-electron chi connectivity index (χ2n) is 3.18. The molecule has 2 nitrogen and oxygen atoms in total. The number of hydrogen-bond donors (Lipinski definition) is 1. The van der Waals surface area contributed by atoms with Crippen LogP contribution < -0.4 is 5.73 Å². The van der Waals surface area contributed by atoms with Crippen LogP contribution in [0.5, 0.6) is 0 Å². The van der Waals surface area contributed by atoms with Crippen molar-refractivity contribution in [3.05, 3.63) is 29.3 Å². The van der Waals surface area contributed by atoms with E-state index in [1.165, 1.54) is 19.0 Å². The first kappa shape index (κ1) is 7.68. The highest BCUT2D eigenvalue weighted by Gasteiger charge is 2.25. The fourth-order valence-corrected chi connectivity index (χ4v) is 1.26. The lowest BCUT2D eigenvalue weighted by molar-refractivity contribution is 0.601. The Balaban J connectivity index is 2.33. The average Bonchev–Trinajstić information content (AvgIpc) is 2.88. The van der Waals surface area contributed by atoms with Crippen molar-refractivity contribution in [2.75, 3.05) is 0 Å². The molecule has 0 spiro atoms. The molecule has 1 aromatic rings. The molecular weight excluding hydrogens is 155 g/mol. The maximum atomic E-state index is 12.9. The molecule has 3 heteroatoms. The van der Waals surface area contributed by atoms with E-state index in [1.807, 2.05) is 0 Å². The number of halogens is 1. The first-order valence-corrected chi connectivity index (χ1v) is 4.15. The number of hydrogen-bond acceptors (Lipinski definition) is 2. The molecule has 2 N–H and O–H groups in total. The van der Waals surface area contributed by atoms with Gasteiger partial charge in [0.15, 0.2) is 0 Å². The lowest BCUT2D eigenvalue weighted by Crippen LogP contribution is -2.02. The molecule has 1 fully saturated rings. The van der Waals surface area contributed by atoms with Crippen LogP contribution in [-0.2, 0) is 6.54 Å². The molecule has 0 bridgehead atoms. The van der Waals surface area contributed by atoms with E-state index in [0.717, 1.165) is 5.69 Å². The van der Waals surface area contributed by atoms with Gasteiger partial charge < -0.3 is 5.73 Å². The molecule has 1 saturated carbocycles. The first-order valence-electron chi connectivity index (χ1n) is 4.15. The molecule has 0 aliphatic heterocycles. The van der Waals surface area contributed by atoms with Crippen molar-refractivity contribution >= 4 is 0 Å². The summed E-state index contributed by atoms with van der Waals surface area (Å²) in [5.41, 5.74) is 6.95. The van der Waals surface area contributed by atoms with Gasteiger partial charge in [-0.15, -0.1) is 0 Å². The van der Waals surface area contributed by atoms with Crippen LogP contribution in [0.3, 0.4) is 0 Å². The zero-order valence-corrected chi connectivity index (χ0v) is 6.76. The summed E-state index contributed by atoms with van der Waals surface area (Å²) in [7, 11) is 0. The summed E-state index contributed by atoms with van der Waals surface area (Å²) in [4.78, 5) is 4.02. The summed E-state index contributed by atoms with van der Waals surface area (Å²) >= 11 is 0. The Hall–Kier alpha value is -0.960. The van der Waals surface area contributed by atoms with Crippen molar-refractivity contribution in [1.82, 2.24) is 4.98 Å². The predicted molar refractivity (Wildman–Crippen MR) is 44.1 cm³/mol. The van der Waals surface area contributed by atoms with Crippen LogP contribution >= 0.6 is 0 Å². The van der Waals surface area contributed by atoms with Crippen LogP contribution in [0.1, 0.15) is 30.0 Å². The van der Waals surface area contributed by atoms with Crippen LogP contribution in [-0.4, -0.2) is 4.98 Å². The van der Waals surface area contributed by atoms with Gasteiger partial charge in [-0.25, -0.2) is 4.39 Å². The average molecular weight is 166 g/mol. The smallest absolute Gasteiger partial charge is 0.145 e. The third kappa shape index (κ3) is 1.32. The molecule has 0 saturated heterocycles. The standard InChI is InChI=1S/C9H11FN2/c10-8-5-12-9(6-1-2-6)3-7(8)4-11/h3,5-6H,1-2,4,11H2. The minimum atomic E-state index is -0.290. The lowest BCUT2D eigenvalue weighted by Gasteiger charge is -2.01. The van der Waals surface area contributed by atoms with Gasteiger partial charge in [0.1, 0.15) is 5.82 Å². The van der Waals surface area contributed by atoms with Gasteiger partial charge in [-0.05, 0) is 18.9 Å². The minimum absolute atomic E-state index is 0.258. The number of pyridine rings is 1. The van der Waals surface area contributed by atoms with E-state index in [2.05, 4.69) is 4.98 Å². The molecule has 0 radical (unpaired) electrons. The molecular formula is C9H11FN2. The van der Waals surface area contributed by atoms with E-state index < -0.39 is 0 Å². The van der Waals surface area contributed by atoms with Crippen LogP contribution in [0.2, 0.25) is 0 Å². The highest BCUT2D eigenvalue weighted by atomic mass is 19.1. The summed E-state index contributed by atoms with van der Waals surface area (Å²) < 4.78 is 12.9. The number of nitrogens with zero attached hydrogens (tertiary/aromatic N) is 1. The van der Waals surface area contributed by atoms with Gasteiger partial charge >= 0.3 is 0 Å². The van der Waals surface area contributed by atoms with Crippen molar-refractivity contribution in [2.24, 2.45) is 5.73 Å². The molecule has 0 unspecified atom stereocenters. The van der Waals surface area contributed by atoms with Crippen molar-refractivity contribution in [3.8, 4) is 0 Å². The number of aromatic nitrogens is 1. The maximum absolute atomic E-state index is 12.9. The fourth-order valence-electron chi connectivity index (χ4n) is 1.26. The third-order valence-electron chi connectivity index (χ3n) is 2.17. The Bertz CT molecular complexity index is 295. The second-order valence-corrected chi connectivity index (χ2v) is 3.18. The van der Waals surface area contributed by atoms with Crippen molar-refractivity contribution in [2.45, 2.75) is 25.3 Å². The van der Waals surface area contributed by atoms with Crippen molar-refractivity contribution in [1.29, 1.82) is 0 Å². The van der Waals surface area contributed by atoms with Gasteiger partial charge in [0.05, 0.1) is 6.20 Å². The first-order chi connectivity index (χ1) is 5.81. The topological polar surface area (TPSA) is 38.9 Å². The molecule has 1 aliphatic carbocycles. The fraction of sp³-hybridized carbons (Fsp3) is 0.444. The van der Waals surface area contributed by atoms with Gasteiger partial charge in [-0.1, -0.05) is 0 Å². The molecule has 0 amide bonds. The normalized spacial score (nSPS) is 16.5. The predicted octanol–water partition coefficient (Wildman–Crippen LogP) is 1.56. The monoisotopic (exact) mass is 166 g/mol. The van der Waals surface area contributed by atoms with Gasteiger partial charge in [0.25, 0.3) is 0 Å². The van der Waals surface area contributed by atoms with E-state index in [1.54, 1.807) is 6.07 Å². The summed E-state index contributed by atoms with van der Waals surface area (Å²) in [5, 5.41) is 0. The Morgan fingerprint density at radius 2 is 2.33 bits per heavy atom. The summed E-state index contributed by atoms with van der Waals surface area (Å²) in [6, 6.07) is 1.78. The Morgan fingerprint density at radius 1 is 1.58 bits per heavy atom. The van der Waals surface area contributed by atoms with Crippen LogP contribution in [0.4, 0.5) is 4.39 Å². The quantitative estimate of drug-likeness (QED) is 0.724. The van der Waals surface area contributed by atoms with Gasteiger partial charge in [0, 0.05) is 23.7 Å².